The molecule has 1 aromatic rings. The zero-order chi connectivity index (χ0) is 13.1. The Labute approximate surface area is 99.7 Å². The molecule has 0 aliphatic heterocycles. The van der Waals surface area contributed by atoms with Crippen LogP contribution < -0.4 is 5.14 Å². The van der Waals surface area contributed by atoms with Crippen molar-refractivity contribution in [3.63, 3.8) is 0 Å². The second kappa shape index (κ2) is 5.10. The molecule has 0 aliphatic rings. The first-order valence-corrected chi connectivity index (χ1v) is 6.73. The molecule has 0 fully saturated rings. The molecule has 0 saturated carbocycles. The average Bonchev–Trinajstić information content (AvgIpc) is 2.15. The second-order valence-electron chi connectivity index (χ2n) is 4.08. The lowest BCUT2D eigenvalue weighted by atomic mass is 10.1. The van der Waals surface area contributed by atoms with E-state index in [9.17, 15) is 17.2 Å². The highest BCUT2D eigenvalue weighted by atomic mass is 32.2. The van der Waals surface area contributed by atoms with Gasteiger partial charge in [0.2, 0.25) is 15.9 Å². The third kappa shape index (κ3) is 4.79. The number of benzene rings is 1. The van der Waals surface area contributed by atoms with Crippen LogP contribution in [0.2, 0.25) is 0 Å². The largest absolute Gasteiger partial charge is 0.245 e. The Bertz CT molecular complexity index is 480. The topological polar surface area (TPSA) is 60.2 Å². The van der Waals surface area contributed by atoms with Crippen LogP contribution >= 0.6 is 0 Å². The maximum absolute atomic E-state index is 12.6. The minimum Gasteiger partial charge on any atom is -0.225 e. The first-order chi connectivity index (χ1) is 7.70. The molecule has 0 aromatic heterocycles. The molecule has 0 spiro atoms. The van der Waals surface area contributed by atoms with E-state index in [2.05, 4.69) is 0 Å². The fraction of sp³-hybridized carbons (Fsp3) is 0.455. The molecule has 0 aliphatic carbocycles. The van der Waals surface area contributed by atoms with Gasteiger partial charge in [-0.15, -0.1) is 0 Å². The number of halogens is 2. The van der Waals surface area contributed by atoms with Crippen molar-refractivity contribution in [2.24, 2.45) is 5.14 Å². The SMILES string of the molecule is CC(F)(F)CCCc1ccccc1S(N)(=O)=O. The van der Waals surface area contributed by atoms with Gasteiger partial charge in [-0.05, 0) is 31.4 Å². The van der Waals surface area contributed by atoms with E-state index in [0.29, 0.717) is 5.56 Å². The summed E-state index contributed by atoms with van der Waals surface area (Å²) in [6.45, 7) is 0.846. The Kier molecular flexibility index (Phi) is 4.21. The summed E-state index contributed by atoms with van der Waals surface area (Å²) in [6, 6.07) is 6.19. The molecule has 0 atom stereocenters. The van der Waals surface area contributed by atoms with Crippen molar-refractivity contribution in [3.05, 3.63) is 29.8 Å². The van der Waals surface area contributed by atoms with Gasteiger partial charge >= 0.3 is 0 Å². The van der Waals surface area contributed by atoms with Crippen molar-refractivity contribution in [3.8, 4) is 0 Å². The number of sulfonamides is 1. The van der Waals surface area contributed by atoms with Crippen LogP contribution in [0.15, 0.2) is 29.2 Å². The standard InChI is InChI=1S/C11H15F2NO2S/c1-11(12,13)8-4-6-9-5-2-3-7-10(9)17(14,15)16/h2-3,5,7H,4,6,8H2,1H3,(H2,14,15,16). The zero-order valence-corrected chi connectivity index (χ0v) is 10.3. The van der Waals surface area contributed by atoms with Crippen LogP contribution in [0, 0.1) is 0 Å². The van der Waals surface area contributed by atoms with Crippen LogP contribution in [0.4, 0.5) is 8.78 Å². The Morgan fingerprint density at radius 2 is 1.88 bits per heavy atom. The van der Waals surface area contributed by atoms with Gasteiger partial charge in [-0.2, -0.15) is 0 Å². The van der Waals surface area contributed by atoms with Gasteiger partial charge in [-0.1, -0.05) is 18.2 Å². The highest BCUT2D eigenvalue weighted by molar-refractivity contribution is 7.89. The van der Waals surface area contributed by atoms with Crippen molar-refractivity contribution in [1.29, 1.82) is 0 Å². The van der Waals surface area contributed by atoms with Gasteiger partial charge in [0.1, 0.15) is 0 Å². The Morgan fingerprint density at radius 3 is 2.41 bits per heavy atom. The van der Waals surface area contributed by atoms with E-state index in [0.717, 1.165) is 6.92 Å². The van der Waals surface area contributed by atoms with Crippen molar-refractivity contribution >= 4 is 10.0 Å². The van der Waals surface area contributed by atoms with Gasteiger partial charge in [0.25, 0.3) is 0 Å². The van der Waals surface area contributed by atoms with Gasteiger partial charge in [0, 0.05) is 6.42 Å². The fourth-order valence-corrected chi connectivity index (χ4v) is 2.38. The molecule has 0 unspecified atom stereocenters. The average molecular weight is 263 g/mol. The van der Waals surface area contributed by atoms with Crippen molar-refractivity contribution in [2.45, 2.75) is 37.0 Å². The summed E-state index contributed by atoms with van der Waals surface area (Å²) in [4.78, 5) is 0.0134. The molecular weight excluding hydrogens is 248 g/mol. The van der Waals surface area contributed by atoms with Crippen LogP contribution in [0.25, 0.3) is 0 Å². The molecule has 17 heavy (non-hydrogen) atoms. The highest BCUT2D eigenvalue weighted by Crippen LogP contribution is 2.22. The lowest BCUT2D eigenvalue weighted by molar-refractivity contribution is 0.0111. The first-order valence-electron chi connectivity index (χ1n) is 5.19. The normalized spacial score (nSPS) is 12.7. The summed E-state index contributed by atoms with van der Waals surface area (Å²) in [6.07, 6.45) is 0.220. The van der Waals surface area contributed by atoms with E-state index >= 15 is 0 Å². The maximum Gasteiger partial charge on any atom is 0.245 e. The number of rotatable bonds is 5. The van der Waals surface area contributed by atoms with Gasteiger partial charge in [0.05, 0.1) is 4.90 Å². The van der Waals surface area contributed by atoms with Gasteiger partial charge in [-0.25, -0.2) is 22.3 Å². The summed E-state index contributed by atoms with van der Waals surface area (Å²) >= 11 is 0. The summed E-state index contributed by atoms with van der Waals surface area (Å²) in [7, 11) is -3.79. The lowest BCUT2D eigenvalue weighted by Crippen LogP contribution is -2.15. The number of hydrogen-bond acceptors (Lipinski definition) is 2. The molecule has 0 amide bonds. The summed E-state index contributed by atoms with van der Waals surface area (Å²) in [5.74, 6) is -2.73. The maximum atomic E-state index is 12.6. The van der Waals surface area contributed by atoms with Gasteiger partial charge in [0.15, 0.2) is 0 Å². The molecule has 6 heteroatoms. The van der Waals surface area contributed by atoms with E-state index < -0.39 is 15.9 Å². The molecule has 1 rings (SSSR count). The monoisotopic (exact) mass is 263 g/mol. The number of aryl methyl sites for hydroxylation is 1. The smallest absolute Gasteiger partial charge is 0.225 e. The second-order valence-corrected chi connectivity index (χ2v) is 5.61. The molecule has 3 nitrogen and oxygen atoms in total. The quantitative estimate of drug-likeness (QED) is 0.886. The predicted octanol–water partition coefficient (Wildman–Crippen LogP) is 2.31. The zero-order valence-electron chi connectivity index (χ0n) is 9.49. The van der Waals surface area contributed by atoms with E-state index in [4.69, 9.17) is 5.14 Å². The number of alkyl halides is 2. The molecule has 1 aromatic carbocycles. The first kappa shape index (κ1) is 14.1. The minimum absolute atomic E-state index is 0.0134. The van der Waals surface area contributed by atoms with Gasteiger partial charge in [-0.3, -0.25) is 0 Å². The third-order valence-corrected chi connectivity index (χ3v) is 3.35. The van der Waals surface area contributed by atoms with Crippen LogP contribution in [0.5, 0.6) is 0 Å². The molecule has 2 N–H and O–H groups in total. The van der Waals surface area contributed by atoms with Crippen LogP contribution in [0.3, 0.4) is 0 Å². The van der Waals surface area contributed by atoms with Crippen LogP contribution in [0.1, 0.15) is 25.3 Å². The van der Waals surface area contributed by atoms with E-state index in [-0.39, 0.29) is 24.2 Å². The van der Waals surface area contributed by atoms with E-state index in [1.54, 1.807) is 18.2 Å². The van der Waals surface area contributed by atoms with E-state index in [1.807, 2.05) is 0 Å². The van der Waals surface area contributed by atoms with Crippen molar-refractivity contribution < 1.29 is 17.2 Å². The Balaban J connectivity index is 2.79. The predicted molar refractivity (Wildman–Crippen MR) is 61.4 cm³/mol. The summed E-state index contributed by atoms with van der Waals surface area (Å²) in [5.41, 5.74) is 0.485. The van der Waals surface area contributed by atoms with Crippen LogP contribution in [-0.4, -0.2) is 14.3 Å². The minimum atomic E-state index is -3.79. The number of primary sulfonamides is 1. The molecular formula is C11H15F2NO2S. The van der Waals surface area contributed by atoms with Crippen molar-refractivity contribution in [1.82, 2.24) is 0 Å². The summed E-state index contributed by atoms with van der Waals surface area (Å²) in [5, 5.41) is 5.04. The molecule has 96 valence electrons. The molecule has 0 heterocycles. The third-order valence-electron chi connectivity index (χ3n) is 2.34. The van der Waals surface area contributed by atoms with Crippen molar-refractivity contribution in [2.75, 3.05) is 0 Å². The molecule has 0 saturated heterocycles. The molecule has 0 bridgehead atoms. The number of nitrogens with two attached hydrogens (primary N) is 1. The summed E-state index contributed by atoms with van der Waals surface area (Å²) < 4.78 is 47.7. The Hall–Kier alpha value is -1.01. The van der Waals surface area contributed by atoms with Gasteiger partial charge < -0.3 is 0 Å². The Morgan fingerprint density at radius 1 is 1.29 bits per heavy atom. The molecule has 0 radical (unpaired) electrons. The number of hydrogen-bond donors (Lipinski definition) is 1. The van der Waals surface area contributed by atoms with E-state index in [1.165, 1.54) is 6.07 Å². The van der Waals surface area contributed by atoms with Crippen LogP contribution in [-0.2, 0) is 16.4 Å². The lowest BCUT2D eigenvalue weighted by Gasteiger charge is -2.11. The highest BCUT2D eigenvalue weighted by Gasteiger charge is 2.21. The fourth-order valence-electron chi connectivity index (χ4n) is 1.58.